The molecule has 2 heterocycles. The van der Waals surface area contributed by atoms with Crippen molar-refractivity contribution in [2.45, 2.75) is 46.1 Å². The van der Waals surface area contributed by atoms with Crippen LogP contribution in [0.2, 0.25) is 0 Å². The van der Waals surface area contributed by atoms with Crippen LogP contribution >= 0.6 is 24.0 Å². The van der Waals surface area contributed by atoms with Gasteiger partial charge < -0.3 is 11.1 Å². The minimum absolute atomic E-state index is 0. The summed E-state index contributed by atoms with van der Waals surface area (Å²) >= 11 is 0. The van der Waals surface area contributed by atoms with Crippen molar-refractivity contribution in [3.63, 3.8) is 0 Å². The molecule has 7 heteroatoms. The molecule has 0 radical (unpaired) electrons. The summed E-state index contributed by atoms with van der Waals surface area (Å²) in [4.78, 5) is 13.0. The van der Waals surface area contributed by atoms with Crippen molar-refractivity contribution in [1.29, 1.82) is 0 Å². The third-order valence-corrected chi connectivity index (χ3v) is 3.65. The molecule has 0 aliphatic rings. The van der Waals surface area contributed by atoms with Crippen LogP contribution in [0.15, 0.2) is 35.7 Å². The number of hydrogen-bond donors (Lipinski definition) is 2. The van der Waals surface area contributed by atoms with Crippen molar-refractivity contribution >= 4 is 29.9 Å². The van der Waals surface area contributed by atoms with E-state index in [4.69, 9.17) is 5.73 Å². The molecule has 6 nitrogen and oxygen atoms in total. The van der Waals surface area contributed by atoms with Crippen molar-refractivity contribution in [2.24, 2.45) is 10.7 Å². The molecule has 2 aromatic rings. The number of pyridine rings is 1. The van der Waals surface area contributed by atoms with Gasteiger partial charge in [0.05, 0.1) is 6.54 Å². The number of nitrogens with zero attached hydrogens (tertiary/aromatic N) is 4. The van der Waals surface area contributed by atoms with E-state index in [1.54, 1.807) is 6.20 Å². The summed E-state index contributed by atoms with van der Waals surface area (Å²) in [6.45, 7) is 5.57. The van der Waals surface area contributed by atoms with Crippen molar-refractivity contribution in [3.8, 4) is 5.82 Å². The van der Waals surface area contributed by atoms with Crippen LogP contribution in [0, 0.1) is 6.92 Å². The summed E-state index contributed by atoms with van der Waals surface area (Å²) in [7, 11) is 0. The molecule has 0 saturated carbocycles. The Hall–Kier alpha value is -1.64. The summed E-state index contributed by atoms with van der Waals surface area (Å²) < 4.78 is 1.94. The number of aryl methyl sites for hydroxylation is 1. The second kappa shape index (κ2) is 11.0. The first-order valence-corrected chi connectivity index (χ1v) is 8.19. The van der Waals surface area contributed by atoms with Crippen LogP contribution in [-0.2, 0) is 6.54 Å². The van der Waals surface area contributed by atoms with Crippen LogP contribution in [0.5, 0.6) is 0 Å². The third kappa shape index (κ3) is 6.46. The standard InChI is InChI=1S/C17H26N6.HI/c1-3-4-5-6-9-20-17(18)22-13-15-7-8-16(21-12-15)23-11-10-19-14(23)2;/h7-8,10-12H,3-6,9,13H2,1-2H3,(H3,18,20,22);1H. The van der Waals surface area contributed by atoms with Gasteiger partial charge in [0.2, 0.25) is 0 Å². The Morgan fingerprint density at radius 2 is 2.08 bits per heavy atom. The van der Waals surface area contributed by atoms with Gasteiger partial charge in [0, 0.05) is 25.1 Å². The molecule has 2 rings (SSSR count). The summed E-state index contributed by atoms with van der Waals surface area (Å²) in [5.41, 5.74) is 6.90. The molecule has 132 valence electrons. The molecule has 0 bridgehead atoms. The Morgan fingerprint density at radius 3 is 2.71 bits per heavy atom. The first kappa shape index (κ1) is 20.4. The van der Waals surface area contributed by atoms with Crippen molar-refractivity contribution in [1.82, 2.24) is 19.9 Å². The van der Waals surface area contributed by atoms with E-state index in [0.717, 1.165) is 30.2 Å². The Balaban J connectivity index is 0.00000288. The molecule has 3 N–H and O–H groups in total. The summed E-state index contributed by atoms with van der Waals surface area (Å²) in [5, 5.41) is 3.15. The number of hydrogen-bond acceptors (Lipinski definition) is 3. The van der Waals surface area contributed by atoms with Gasteiger partial charge in [0.15, 0.2) is 5.96 Å². The normalized spacial score (nSPS) is 11.2. The molecular formula is C17H27IN6. The molecule has 0 aromatic carbocycles. The quantitative estimate of drug-likeness (QED) is 0.285. The van der Waals surface area contributed by atoms with Crippen LogP contribution in [-0.4, -0.2) is 27.0 Å². The highest BCUT2D eigenvalue weighted by atomic mass is 127. The topological polar surface area (TPSA) is 81.1 Å². The van der Waals surface area contributed by atoms with E-state index < -0.39 is 0 Å². The summed E-state index contributed by atoms with van der Waals surface area (Å²) in [6, 6.07) is 3.98. The maximum atomic E-state index is 5.87. The van der Waals surface area contributed by atoms with E-state index in [1.807, 2.05) is 36.0 Å². The molecule has 0 amide bonds. The zero-order valence-electron chi connectivity index (χ0n) is 14.4. The van der Waals surface area contributed by atoms with Gasteiger partial charge in [-0.2, -0.15) is 0 Å². The number of unbranched alkanes of at least 4 members (excludes halogenated alkanes) is 3. The van der Waals surface area contributed by atoms with Crippen LogP contribution in [0.3, 0.4) is 0 Å². The molecule has 0 aliphatic carbocycles. The van der Waals surface area contributed by atoms with Crippen LogP contribution in [0.4, 0.5) is 0 Å². The zero-order chi connectivity index (χ0) is 16.5. The van der Waals surface area contributed by atoms with Crippen LogP contribution in [0.25, 0.3) is 5.82 Å². The van der Waals surface area contributed by atoms with Gasteiger partial charge in [-0.25, -0.2) is 15.0 Å². The Labute approximate surface area is 161 Å². The Morgan fingerprint density at radius 1 is 1.25 bits per heavy atom. The van der Waals surface area contributed by atoms with E-state index in [1.165, 1.54) is 19.3 Å². The third-order valence-electron chi connectivity index (χ3n) is 3.65. The van der Waals surface area contributed by atoms with Gasteiger partial charge in [-0.1, -0.05) is 32.3 Å². The predicted molar refractivity (Wildman–Crippen MR) is 109 cm³/mol. The molecule has 24 heavy (non-hydrogen) atoms. The van der Waals surface area contributed by atoms with Gasteiger partial charge in [-0.15, -0.1) is 24.0 Å². The molecule has 0 atom stereocenters. The summed E-state index contributed by atoms with van der Waals surface area (Å²) in [5.74, 6) is 2.27. The number of rotatable bonds is 8. The number of guanidine groups is 1. The molecule has 0 unspecified atom stereocenters. The lowest BCUT2D eigenvalue weighted by Crippen LogP contribution is -2.32. The molecule has 0 fully saturated rings. The van der Waals surface area contributed by atoms with Crippen molar-refractivity contribution in [3.05, 3.63) is 42.1 Å². The van der Waals surface area contributed by atoms with Gasteiger partial charge in [-0.3, -0.25) is 4.57 Å². The lowest BCUT2D eigenvalue weighted by molar-refractivity contribution is 0.652. The molecule has 0 saturated heterocycles. The van der Waals surface area contributed by atoms with E-state index >= 15 is 0 Å². The minimum Gasteiger partial charge on any atom is -0.370 e. The first-order chi connectivity index (χ1) is 11.2. The van der Waals surface area contributed by atoms with Crippen LogP contribution < -0.4 is 11.1 Å². The monoisotopic (exact) mass is 442 g/mol. The lowest BCUT2D eigenvalue weighted by atomic mass is 10.2. The minimum atomic E-state index is 0. The number of aromatic nitrogens is 3. The fourth-order valence-electron chi connectivity index (χ4n) is 2.27. The molecule has 2 aromatic heterocycles. The number of imidazole rings is 1. The Kier molecular flexibility index (Phi) is 9.36. The highest BCUT2D eigenvalue weighted by Gasteiger charge is 2.01. The van der Waals surface area contributed by atoms with E-state index in [9.17, 15) is 0 Å². The molecular weight excluding hydrogens is 415 g/mol. The van der Waals surface area contributed by atoms with Gasteiger partial charge in [-0.05, 0) is 25.0 Å². The van der Waals surface area contributed by atoms with Crippen LogP contribution in [0.1, 0.15) is 44.0 Å². The summed E-state index contributed by atoms with van der Waals surface area (Å²) in [6.07, 6.45) is 10.4. The van der Waals surface area contributed by atoms with E-state index in [2.05, 4.69) is 27.2 Å². The van der Waals surface area contributed by atoms with Gasteiger partial charge in [0.25, 0.3) is 0 Å². The second-order valence-corrected chi connectivity index (χ2v) is 5.56. The maximum absolute atomic E-state index is 5.87. The van der Waals surface area contributed by atoms with Crippen molar-refractivity contribution < 1.29 is 0 Å². The molecule has 0 aliphatic heterocycles. The largest absolute Gasteiger partial charge is 0.370 e. The second-order valence-electron chi connectivity index (χ2n) is 5.56. The number of nitrogens with one attached hydrogen (secondary N) is 1. The SMILES string of the molecule is CCCCCCNC(N)=NCc1ccc(-n2ccnc2C)nc1.I. The fourth-order valence-corrected chi connectivity index (χ4v) is 2.27. The smallest absolute Gasteiger partial charge is 0.188 e. The average molecular weight is 442 g/mol. The van der Waals surface area contributed by atoms with Gasteiger partial charge in [0.1, 0.15) is 11.6 Å². The number of aliphatic imine (C=N–C) groups is 1. The average Bonchev–Trinajstić information content (AvgIpc) is 2.99. The van der Waals surface area contributed by atoms with Crippen molar-refractivity contribution in [2.75, 3.05) is 6.54 Å². The predicted octanol–water partition coefficient (Wildman–Crippen LogP) is 3.18. The van der Waals surface area contributed by atoms with Gasteiger partial charge >= 0.3 is 0 Å². The lowest BCUT2D eigenvalue weighted by Gasteiger charge is -2.06. The fraction of sp³-hybridized carbons (Fsp3) is 0.471. The van der Waals surface area contributed by atoms with E-state index in [0.29, 0.717) is 12.5 Å². The van der Waals surface area contributed by atoms with E-state index in [-0.39, 0.29) is 24.0 Å². The first-order valence-electron chi connectivity index (χ1n) is 8.19. The number of halogens is 1. The maximum Gasteiger partial charge on any atom is 0.188 e. The Bertz CT molecular complexity index is 620. The zero-order valence-corrected chi connectivity index (χ0v) is 16.7. The number of nitrogens with two attached hydrogens (primary N) is 1. The molecule has 0 spiro atoms. The highest BCUT2D eigenvalue weighted by molar-refractivity contribution is 14.0. The highest BCUT2D eigenvalue weighted by Crippen LogP contribution is 2.08.